The number of nitrogens with zero attached hydrogens (tertiary/aromatic N) is 2. The maximum atomic E-state index is 12.3. The standard InChI is InChI=1S/C21H17N3O3S/c25-20(7-5-14-4-6-18-19(10-14)27-13-26-18)22-16-3-1-2-15(11-16)17-12-24-8-9-28-21(24)23-17/h1-7,10-12H,8-9,13H2,(H,22,25)/b7-5+. The van der Waals surface area contributed by atoms with Gasteiger partial charge in [-0.1, -0.05) is 30.0 Å². The van der Waals surface area contributed by atoms with Gasteiger partial charge < -0.3 is 19.4 Å². The SMILES string of the molecule is O=C(/C=C/c1ccc2c(c1)OCO2)Nc1cccc(-c2cn3c(n2)SCC3)c1. The Morgan fingerprint density at radius 3 is 3.04 bits per heavy atom. The smallest absolute Gasteiger partial charge is 0.248 e. The normalized spacial score (nSPS) is 14.4. The summed E-state index contributed by atoms with van der Waals surface area (Å²) in [7, 11) is 0. The van der Waals surface area contributed by atoms with Crippen LogP contribution < -0.4 is 14.8 Å². The molecule has 0 unspecified atom stereocenters. The molecular weight excluding hydrogens is 374 g/mol. The van der Waals surface area contributed by atoms with Crippen LogP contribution in [0, 0.1) is 0 Å². The van der Waals surface area contributed by atoms with Gasteiger partial charge in [0.1, 0.15) is 0 Å². The van der Waals surface area contributed by atoms with Crippen LogP contribution in [-0.4, -0.2) is 28.0 Å². The van der Waals surface area contributed by atoms with Gasteiger partial charge in [-0.15, -0.1) is 0 Å². The highest BCUT2D eigenvalue weighted by Gasteiger charge is 2.15. The first-order valence-corrected chi connectivity index (χ1v) is 9.92. The van der Waals surface area contributed by atoms with Gasteiger partial charge in [-0.05, 0) is 35.9 Å². The van der Waals surface area contributed by atoms with Gasteiger partial charge >= 0.3 is 0 Å². The van der Waals surface area contributed by atoms with Crippen molar-refractivity contribution in [3.63, 3.8) is 0 Å². The molecule has 7 heteroatoms. The van der Waals surface area contributed by atoms with Crippen LogP contribution >= 0.6 is 11.8 Å². The van der Waals surface area contributed by atoms with E-state index in [9.17, 15) is 4.79 Å². The van der Waals surface area contributed by atoms with Crippen molar-refractivity contribution in [2.75, 3.05) is 17.9 Å². The van der Waals surface area contributed by atoms with Crippen molar-refractivity contribution >= 4 is 29.4 Å². The molecule has 0 atom stereocenters. The van der Waals surface area contributed by atoms with Crippen LogP contribution in [0.15, 0.2) is 59.9 Å². The van der Waals surface area contributed by atoms with E-state index in [4.69, 9.17) is 9.47 Å². The molecule has 0 spiro atoms. The molecule has 2 aromatic carbocycles. The molecule has 0 radical (unpaired) electrons. The van der Waals surface area contributed by atoms with Crippen LogP contribution in [0.2, 0.25) is 0 Å². The highest BCUT2D eigenvalue weighted by atomic mass is 32.2. The molecular formula is C21H17N3O3S. The second-order valence-electron chi connectivity index (χ2n) is 6.47. The van der Waals surface area contributed by atoms with Gasteiger partial charge in [-0.2, -0.15) is 0 Å². The van der Waals surface area contributed by atoms with E-state index in [2.05, 4.69) is 21.1 Å². The Labute approximate surface area is 166 Å². The van der Waals surface area contributed by atoms with E-state index < -0.39 is 0 Å². The van der Waals surface area contributed by atoms with Crippen molar-refractivity contribution in [1.82, 2.24) is 9.55 Å². The zero-order valence-electron chi connectivity index (χ0n) is 14.9. The lowest BCUT2D eigenvalue weighted by Gasteiger charge is -2.04. The third-order valence-electron chi connectivity index (χ3n) is 4.55. The molecule has 2 aliphatic rings. The van der Waals surface area contributed by atoms with Crippen LogP contribution in [0.3, 0.4) is 0 Å². The third-order valence-corrected chi connectivity index (χ3v) is 5.52. The molecule has 3 aromatic rings. The Kier molecular flexibility index (Phi) is 4.29. The average molecular weight is 391 g/mol. The first-order chi connectivity index (χ1) is 13.7. The molecule has 28 heavy (non-hydrogen) atoms. The minimum absolute atomic E-state index is 0.197. The number of ether oxygens (including phenoxy) is 2. The van der Waals surface area contributed by atoms with Gasteiger partial charge in [-0.25, -0.2) is 4.98 Å². The minimum Gasteiger partial charge on any atom is -0.454 e. The second kappa shape index (κ2) is 7.09. The number of aromatic nitrogens is 2. The number of amides is 1. The highest BCUT2D eigenvalue weighted by Crippen LogP contribution is 2.33. The van der Waals surface area contributed by atoms with Gasteiger partial charge in [0.25, 0.3) is 0 Å². The summed E-state index contributed by atoms with van der Waals surface area (Å²) >= 11 is 1.77. The summed E-state index contributed by atoms with van der Waals surface area (Å²) in [5, 5.41) is 3.95. The largest absolute Gasteiger partial charge is 0.454 e. The topological polar surface area (TPSA) is 65.4 Å². The monoisotopic (exact) mass is 391 g/mol. The van der Waals surface area contributed by atoms with E-state index in [1.807, 2.05) is 42.5 Å². The molecule has 1 aromatic heterocycles. The van der Waals surface area contributed by atoms with Crippen molar-refractivity contribution in [2.24, 2.45) is 0 Å². The molecule has 5 rings (SSSR count). The fourth-order valence-electron chi connectivity index (χ4n) is 3.18. The lowest BCUT2D eigenvalue weighted by Crippen LogP contribution is -2.07. The van der Waals surface area contributed by atoms with E-state index in [0.717, 1.165) is 45.7 Å². The van der Waals surface area contributed by atoms with Crippen molar-refractivity contribution < 1.29 is 14.3 Å². The number of benzene rings is 2. The Morgan fingerprint density at radius 2 is 2.11 bits per heavy atom. The van der Waals surface area contributed by atoms with Crippen LogP contribution in [0.5, 0.6) is 11.5 Å². The Morgan fingerprint density at radius 1 is 1.18 bits per heavy atom. The average Bonchev–Trinajstić information content (AvgIpc) is 3.42. The lowest BCUT2D eigenvalue weighted by molar-refractivity contribution is -0.111. The van der Waals surface area contributed by atoms with E-state index in [-0.39, 0.29) is 12.7 Å². The molecule has 1 N–H and O–H groups in total. The number of thioether (sulfide) groups is 1. The number of carbonyl (C=O) groups is 1. The molecule has 0 fully saturated rings. The van der Waals surface area contributed by atoms with Crippen LogP contribution in [0.25, 0.3) is 17.3 Å². The van der Waals surface area contributed by atoms with Crippen LogP contribution in [0.4, 0.5) is 5.69 Å². The van der Waals surface area contributed by atoms with Gasteiger partial charge in [0.15, 0.2) is 16.7 Å². The number of hydrogen-bond acceptors (Lipinski definition) is 5. The number of nitrogens with one attached hydrogen (secondary N) is 1. The van der Waals surface area contributed by atoms with Gasteiger partial charge in [0.05, 0.1) is 5.69 Å². The quantitative estimate of drug-likeness (QED) is 0.680. The maximum Gasteiger partial charge on any atom is 0.248 e. The molecule has 1 amide bonds. The third kappa shape index (κ3) is 3.36. The fraction of sp³-hybridized carbons (Fsp3) is 0.143. The first kappa shape index (κ1) is 16.9. The maximum absolute atomic E-state index is 12.3. The zero-order chi connectivity index (χ0) is 18.9. The Hall–Kier alpha value is -3.19. The molecule has 0 saturated heterocycles. The van der Waals surface area contributed by atoms with Crippen molar-refractivity contribution in [1.29, 1.82) is 0 Å². The fourth-order valence-corrected chi connectivity index (χ4v) is 4.12. The second-order valence-corrected chi connectivity index (χ2v) is 7.53. The Bertz CT molecular complexity index is 1070. The predicted molar refractivity (Wildman–Crippen MR) is 109 cm³/mol. The van der Waals surface area contributed by atoms with Gasteiger partial charge in [-0.3, -0.25) is 4.79 Å². The summed E-state index contributed by atoms with van der Waals surface area (Å²) in [5.74, 6) is 2.30. The van der Waals surface area contributed by atoms with Crippen molar-refractivity contribution in [3.8, 4) is 22.8 Å². The summed E-state index contributed by atoms with van der Waals surface area (Å²) in [5.41, 5.74) is 3.52. The van der Waals surface area contributed by atoms with E-state index in [1.54, 1.807) is 17.8 Å². The summed E-state index contributed by atoms with van der Waals surface area (Å²) in [6.07, 6.45) is 5.32. The van der Waals surface area contributed by atoms with Crippen molar-refractivity contribution in [3.05, 3.63) is 60.3 Å². The molecule has 140 valence electrons. The molecule has 0 aliphatic carbocycles. The number of anilines is 1. The van der Waals surface area contributed by atoms with Crippen molar-refractivity contribution in [2.45, 2.75) is 11.7 Å². The van der Waals surface area contributed by atoms with Crippen LogP contribution in [-0.2, 0) is 11.3 Å². The molecule has 6 nitrogen and oxygen atoms in total. The molecule has 2 aliphatic heterocycles. The number of aryl methyl sites for hydroxylation is 1. The number of carbonyl (C=O) groups excluding carboxylic acids is 1. The molecule has 0 saturated carbocycles. The molecule has 0 bridgehead atoms. The summed E-state index contributed by atoms with van der Waals surface area (Å²) in [6, 6.07) is 13.3. The van der Waals surface area contributed by atoms with Gasteiger partial charge in [0, 0.05) is 35.8 Å². The first-order valence-electron chi connectivity index (χ1n) is 8.94. The molecule has 3 heterocycles. The Balaban J connectivity index is 1.28. The lowest BCUT2D eigenvalue weighted by atomic mass is 10.1. The van der Waals surface area contributed by atoms with E-state index in [0.29, 0.717) is 5.75 Å². The summed E-state index contributed by atoms with van der Waals surface area (Å²) in [6.45, 7) is 1.23. The summed E-state index contributed by atoms with van der Waals surface area (Å²) < 4.78 is 12.8. The number of fused-ring (bicyclic) bond motifs is 2. The minimum atomic E-state index is -0.197. The summed E-state index contributed by atoms with van der Waals surface area (Å²) in [4.78, 5) is 17.0. The zero-order valence-corrected chi connectivity index (χ0v) is 15.7. The van der Waals surface area contributed by atoms with E-state index in [1.165, 1.54) is 6.08 Å². The number of hydrogen-bond donors (Lipinski definition) is 1. The van der Waals surface area contributed by atoms with E-state index >= 15 is 0 Å². The number of imidazole rings is 1. The van der Waals surface area contributed by atoms with Gasteiger partial charge in [0.2, 0.25) is 12.7 Å². The predicted octanol–water partition coefficient (Wildman–Crippen LogP) is 4.04. The number of rotatable bonds is 4. The highest BCUT2D eigenvalue weighted by molar-refractivity contribution is 7.99. The van der Waals surface area contributed by atoms with Crippen LogP contribution in [0.1, 0.15) is 5.56 Å².